The van der Waals surface area contributed by atoms with Gasteiger partial charge in [-0.15, -0.1) is 0 Å². The normalized spacial score (nSPS) is 15.9. The third kappa shape index (κ3) is 5.73. The lowest BCUT2D eigenvalue weighted by Crippen LogP contribution is -2.55. The molecule has 0 unspecified atom stereocenters. The van der Waals surface area contributed by atoms with E-state index in [0.29, 0.717) is 5.92 Å². The van der Waals surface area contributed by atoms with Crippen LogP contribution in [0.15, 0.2) is 0 Å². The van der Waals surface area contributed by atoms with Gasteiger partial charge in [0, 0.05) is 5.54 Å². The van der Waals surface area contributed by atoms with E-state index in [1.165, 1.54) is 0 Å². The summed E-state index contributed by atoms with van der Waals surface area (Å²) in [6, 6.07) is -1.43. The molecule has 0 rings (SSSR count). The minimum absolute atomic E-state index is 0.378. The fraction of sp³-hybridized carbons (Fsp3) is 1.00. The van der Waals surface area contributed by atoms with Gasteiger partial charge in [0.1, 0.15) is 6.04 Å². The SMILES string of the molecule is CC(C)CC(C)(C)N[C@@H](C(C)C)C(F)(F)F. The van der Waals surface area contributed by atoms with E-state index in [4.69, 9.17) is 0 Å². The van der Waals surface area contributed by atoms with Crippen molar-refractivity contribution in [2.24, 2.45) is 11.8 Å². The van der Waals surface area contributed by atoms with Crippen molar-refractivity contribution in [3.05, 3.63) is 0 Å². The smallest absolute Gasteiger partial charge is 0.301 e. The van der Waals surface area contributed by atoms with Gasteiger partial charge in [0.05, 0.1) is 0 Å². The summed E-state index contributed by atoms with van der Waals surface area (Å²) in [4.78, 5) is 0. The van der Waals surface area contributed by atoms with Crippen LogP contribution in [-0.4, -0.2) is 17.8 Å². The summed E-state index contributed by atoms with van der Waals surface area (Å²) in [5, 5.41) is 2.74. The lowest BCUT2D eigenvalue weighted by molar-refractivity contribution is -0.170. The zero-order valence-corrected chi connectivity index (χ0v) is 11.1. The first-order valence-corrected chi connectivity index (χ1v) is 5.80. The summed E-state index contributed by atoms with van der Waals surface area (Å²) in [5.41, 5.74) is -0.487. The fourth-order valence-electron chi connectivity index (χ4n) is 2.13. The van der Waals surface area contributed by atoms with Gasteiger partial charge in [0.2, 0.25) is 0 Å². The molecule has 0 aromatic rings. The molecule has 0 aliphatic carbocycles. The summed E-state index contributed by atoms with van der Waals surface area (Å²) in [6.07, 6.45) is -3.45. The molecule has 0 aromatic carbocycles. The summed E-state index contributed by atoms with van der Waals surface area (Å²) in [5.74, 6) is -0.0741. The van der Waals surface area contributed by atoms with Crippen LogP contribution in [0.4, 0.5) is 13.2 Å². The van der Waals surface area contributed by atoms with Crippen molar-refractivity contribution in [3.63, 3.8) is 0 Å². The maximum absolute atomic E-state index is 12.8. The molecule has 0 aliphatic rings. The Morgan fingerprint density at radius 3 is 1.69 bits per heavy atom. The van der Waals surface area contributed by atoms with Gasteiger partial charge in [0.25, 0.3) is 0 Å². The molecule has 16 heavy (non-hydrogen) atoms. The maximum Gasteiger partial charge on any atom is 0.404 e. The molecule has 0 fully saturated rings. The van der Waals surface area contributed by atoms with Crippen molar-refractivity contribution in [1.29, 1.82) is 0 Å². The number of alkyl halides is 3. The van der Waals surface area contributed by atoms with Gasteiger partial charge < -0.3 is 5.32 Å². The first-order valence-electron chi connectivity index (χ1n) is 5.80. The van der Waals surface area contributed by atoms with Crippen LogP contribution in [-0.2, 0) is 0 Å². The Morgan fingerprint density at radius 2 is 1.44 bits per heavy atom. The first-order chi connectivity index (χ1) is 6.96. The topological polar surface area (TPSA) is 12.0 Å². The molecule has 1 N–H and O–H groups in total. The Kier molecular flexibility index (Phi) is 5.30. The molecule has 1 atom stereocenters. The second-order valence-electron chi connectivity index (χ2n) is 5.89. The molecule has 1 nitrogen and oxygen atoms in total. The van der Waals surface area contributed by atoms with E-state index >= 15 is 0 Å². The van der Waals surface area contributed by atoms with Gasteiger partial charge >= 0.3 is 6.18 Å². The van der Waals surface area contributed by atoms with Crippen molar-refractivity contribution < 1.29 is 13.2 Å². The van der Waals surface area contributed by atoms with Gasteiger partial charge in [-0.25, -0.2) is 0 Å². The van der Waals surface area contributed by atoms with Crippen LogP contribution in [0.25, 0.3) is 0 Å². The minimum atomic E-state index is -4.18. The zero-order valence-electron chi connectivity index (χ0n) is 11.1. The molecule has 0 bridgehead atoms. The van der Waals surface area contributed by atoms with Gasteiger partial charge in [-0.3, -0.25) is 0 Å². The molecule has 0 heterocycles. The highest BCUT2D eigenvalue weighted by Crippen LogP contribution is 2.28. The summed E-state index contributed by atoms with van der Waals surface area (Å²) in [7, 11) is 0. The van der Waals surface area contributed by atoms with Crippen LogP contribution < -0.4 is 5.32 Å². The molecule has 0 aliphatic heterocycles. The molecule has 0 spiro atoms. The average molecular weight is 239 g/mol. The molecular formula is C12H24F3N. The van der Waals surface area contributed by atoms with Crippen molar-refractivity contribution >= 4 is 0 Å². The van der Waals surface area contributed by atoms with E-state index in [0.717, 1.165) is 6.42 Å². The van der Waals surface area contributed by atoms with E-state index < -0.39 is 23.7 Å². The largest absolute Gasteiger partial charge is 0.404 e. The van der Waals surface area contributed by atoms with Crippen molar-refractivity contribution in [2.75, 3.05) is 0 Å². The van der Waals surface area contributed by atoms with Crippen LogP contribution in [0, 0.1) is 11.8 Å². The van der Waals surface area contributed by atoms with Crippen LogP contribution in [0.1, 0.15) is 48.0 Å². The Hall–Kier alpha value is -0.250. The minimum Gasteiger partial charge on any atom is -0.301 e. The van der Waals surface area contributed by atoms with Gasteiger partial charge in [0.15, 0.2) is 0 Å². The molecular weight excluding hydrogens is 215 g/mol. The lowest BCUT2D eigenvalue weighted by atomic mass is 9.90. The average Bonchev–Trinajstić information content (AvgIpc) is 1.94. The van der Waals surface area contributed by atoms with Crippen LogP contribution >= 0.6 is 0 Å². The van der Waals surface area contributed by atoms with Crippen LogP contribution in [0.2, 0.25) is 0 Å². The molecule has 0 radical (unpaired) electrons. The molecule has 4 heteroatoms. The van der Waals surface area contributed by atoms with Crippen molar-refractivity contribution in [3.8, 4) is 0 Å². The highest BCUT2D eigenvalue weighted by molar-refractivity contribution is 4.88. The second-order valence-corrected chi connectivity index (χ2v) is 5.89. The zero-order chi connectivity index (χ0) is 13.1. The summed E-state index contributed by atoms with van der Waals surface area (Å²) in [6.45, 7) is 10.9. The van der Waals surface area contributed by atoms with Gasteiger partial charge in [-0.2, -0.15) is 13.2 Å². The predicted molar refractivity (Wildman–Crippen MR) is 61.4 cm³/mol. The molecule has 0 amide bonds. The molecule has 0 saturated heterocycles. The predicted octanol–water partition coefficient (Wildman–Crippen LogP) is 3.99. The third-order valence-corrected chi connectivity index (χ3v) is 2.48. The third-order valence-electron chi connectivity index (χ3n) is 2.48. The van der Waals surface area contributed by atoms with Crippen molar-refractivity contribution in [1.82, 2.24) is 5.32 Å². The van der Waals surface area contributed by atoms with E-state index in [1.54, 1.807) is 13.8 Å². The summed E-state index contributed by atoms with van der Waals surface area (Å²) < 4.78 is 38.3. The van der Waals surface area contributed by atoms with E-state index in [1.807, 2.05) is 27.7 Å². The lowest BCUT2D eigenvalue weighted by Gasteiger charge is -2.36. The Labute approximate surface area is 96.8 Å². The molecule has 0 saturated carbocycles. The summed E-state index contributed by atoms with van der Waals surface area (Å²) >= 11 is 0. The quantitative estimate of drug-likeness (QED) is 0.765. The standard InChI is InChI=1S/C12H24F3N/c1-8(2)7-11(5,6)16-10(9(3)4)12(13,14)15/h8-10,16H,7H2,1-6H3/t10-/m0/s1. The van der Waals surface area contributed by atoms with Crippen molar-refractivity contribution in [2.45, 2.75) is 65.7 Å². The van der Waals surface area contributed by atoms with E-state index in [9.17, 15) is 13.2 Å². The number of rotatable bonds is 5. The molecule has 0 aromatic heterocycles. The van der Waals surface area contributed by atoms with Crippen LogP contribution in [0.3, 0.4) is 0 Å². The second kappa shape index (κ2) is 5.39. The van der Waals surface area contributed by atoms with Crippen LogP contribution in [0.5, 0.6) is 0 Å². The Balaban J connectivity index is 4.63. The van der Waals surface area contributed by atoms with Gasteiger partial charge in [-0.1, -0.05) is 27.7 Å². The number of nitrogens with one attached hydrogen (secondary N) is 1. The number of hydrogen-bond acceptors (Lipinski definition) is 1. The first kappa shape index (κ1) is 15.8. The number of halogens is 3. The maximum atomic E-state index is 12.8. The highest BCUT2D eigenvalue weighted by atomic mass is 19.4. The monoisotopic (exact) mass is 239 g/mol. The van der Waals surface area contributed by atoms with E-state index in [-0.39, 0.29) is 0 Å². The fourth-order valence-corrected chi connectivity index (χ4v) is 2.13. The van der Waals surface area contributed by atoms with E-state index in [2.05, 4.69) is 5.32 Å². The highest BCUT2D eigenvalue weighted by Gasteiger charge is 2.43. The molecule has 98 valence electrons. The Morgan fingerprint density at radius 1 is 1.00 bits per heavy atom. The Bertz CT molecular complexity index is 207. The van der Waals surface area contributed by atoms with Gasteiger partial charge in [-0.05, 0) is 32.1 Å². The number of hydrogen-bond donors (Lipinski definition) is 1.